The first kappa shape index (κ1) is 12.8. The molecule has 1 aromatic carbocycles. The number of benzene rings is 1. The second kappa shape index (κ2) is 5.34. The molecule has 1 aliphatic rings. The fraction of sp³-hybridized carbons (Fsp3) is 0.538. The molecule has 1 aromatic rings. The highest BCUT2D eigenvalue weighted by Gasteiger charge is 2.32. The van der Waals surface area contributed by atoms with Gasteiger partial charge in [0.15, 0.2) is 0 Å². The van der Waals surface area contributed by atoms with E-state index in [1.54, 1.807) is 6.07 Å². The van der Waals surface area contributed by atoms with Gasteiger partial charge in [0, 0.05) is 17.1 Å². The number of aliphatic hydroxyl groups excluding tert-OH is 1. The van der Waals surface area contributed by atoms with Crippen LogP contribution in [-0.2, 0) is 6.54 Å². The smallest absolute Gasteiger partial charge is 0.123 e. The summed E-state index contributed by atoms with van der Waals surface area (Å²) in [5, 5.41) is 13.3. The molecular formula is C13H17ClFNO. The van der Waals surface area contributed by atoms with Crippen molar-refractivity contribution in [1.82, 2.24) is 5.32 Å². The maximum Gasteiger partial charge on any atom is 0.123 e. The average molecular weight is 258 g/mol. The molecule has 0 atom stereocenters. The molecule has 4 heteroatoms. The van der Waals surface area contributed by atoms with Gasteiger partial charge < -0.3 is 10.4 Å². The Labute approximate surface area is 106 Å². The summed E-state index contributed by atoms with van der Waals surface area (Å²) >= 11 is 6.00. The maximum atomic E-state index is 13.1. The zero-order valence-electron chi connectivity index (χ0n) is 9.68. The molecule has 2 N–H and O–H groups in total. The summed E-state index contributed by atoms with van der Waals surface area (Å²) in [5.74, 6) is -0.282. The van der Waals surface area contributed by atoms with Crippen LogP contribution in [-0.4, -0.2) is 17.3 Å². The summed E-state index contributed by atoms with van der Waals surface area (Å²) in [6, 6.07) is 4.35. The van der Waals surface area contributed by atoms with Crippen molar-refractivity contribution in [1.29, 1.82) is 0 Å². The number of halogens is 2. The van der Waals surface area contributed by atoms with Gasteiger partial charge in [-0.3, -0.25) is 0 Å². The van der Waals surface area contributed by atoms with Gasteiger partial charge in [-0.2, -0.15) is 0 Å². The molecule has 0 bridgehead atoms. The van der Waals surface area contributed by atoms with Crippen LogP contribution in [0.2, 0.25) is 5.02 Å². The van der Waals surface area contributed by atoms with Crippen LogP contribution in [0.3, 0.4) is 0 Å². The second-order valence-electron chi connectivity index (χ2n) is 4.73. The molecular weight excluding hydrogens is 241 g/mol. The topological polar surface area (TPSA) is 32.3 Å². The van der Waals surface area contributed by atoms with E-state index in [0.29, 0.717) is 11.6 Å². The molecule has 0 heterocycles. The van der Waals surface area contributed by atoms with Gasteiger partial charge in [-0.1, -0.05) is 24.4 Å². The minimum Gasteiger partial charge on any atom is -0.394 e. The van der Waals surface area contributed by atoms with E-state index in [4.69, 9.17) is 11.6 Å². The Balaban J connectivity index is 2.03. The zero-order valence-corrected chi connectivity index (χ0v) is 10.4. The Morgan fingerprint density at radius 1 is 1.35 bits per heavy atom. The van der Waals surface area contributed by atoms with Crippen LogP contribution >= 0.6 is 11.6 Å². The normalized spacial score (nSPS) is 18.5. The Hall–Kier alpha value is -0.640. The third-order valence-corrected chi connectivity index (χ3v) is 3.89. The number of aliphatic hydroxyl groups is 1. The number of hydrogen-bond donors (Lipinski definition) is 2. The molecule has 0 saturated heterocycles. The van der Waals surface area contributed by atoms with E-state index in [9.17, 15) is 9.50 Å². The van der Waals surface area contributed by atoms with Crippen molar-refractivity contribution in [2.24, 2.45) is 0 Å². The maximum absolute atomic E-state index is 13.1. The molecule has 0 aliphatic heterocycles. The Bertz CT molecular complexity index is 391. The van der Waals surface area contributed by atoms with Gasteiger partial charge in [-0.25, -0.2) is 4.39 Å². The lowest BCUT2D eigenvalue weighted by Gasteiger charge is -2.28. The van der Waals surface area contributed by atoms with E-state index >= 15 is 0 Å². The second-order valence-corrected chi connectivity index (χ2v) is 5.14. The van der Waals surface area contributed by atoms with Crippen molar-refractivity contribution < 1.29 is 9.50 Å². The van der Waals surface area contributed by atoms with E-state index in [1.807, 2.05) is 0 Å². The summed E-state index contributed by atoms with van der Waals surface area (Å²) in [7, 11) is 0. The Morgan fingerprint density at radius 3 is 2.71 bits per heavy atom. The summed E-state index contributed by atoms with van der Waals surface area (Å²) in [4.78, 5) is 0. The molecule has 1 fully saturated rings. The lowest BCUT2D eigenvalue weighted by atomic mass is 9.98. The lowest BCUT2D eigenvalue weighted by Crippen LogP contribution is -2.45. The van der Waals surface area contributed by atoms with Crippen molar-refractivity contribution in [3.8, 4) is 0 Å². The summed E-state index contributed by atoms with van der Waals surface area (Å²) in [6.07, 6.45) is 4.20. The Kier molecular flexibility index (Phi) is 4.02. The molecule has 1 aliphatic carbocycles. The number of hydrogen-bond acceptors (Lipinski definition) is 2. The van der Waals surface area contributed by atoms with E-state index in [1.165, 1.54) is 12.1 Å². The minimum atomic E-state index is -0.282. The van der Waals surface area contributed by atoms with Crippen LogP contribution in [0.5, 0.6) is 0 Å². The third-order valence-electron chi connectivity index (χ3n) is 3.52. The molecule has 0 aromatic heterocycles. The van der Waals surface area contributed by atoms with E-state index in [0.717, 1.165) is 31.2 Å². The largest absolute Gasteiger partial charge is 0.394 e. The molecule has 1 saturated carbocycles. The highest BCUT2D eigenvalue weighted by Crippen LogP contribution is 2.30. The van der Waals surface area contributed by atoms with Crippen molar-refractivity contribution in [2.75, 3.05) is 6.61 Å². The monoisotopic (exact) mass is 257 g/mol. The van der Waals surface area contributed by atoms with E-state index in [-0.39, 0.29) is 18.0 Å². The fourth-order valence-electron chi connectivity index (χ4n) is 2.40. The predicted molar refractivity (Wildman–Crippen MR) is 66.5 cm³/mol. The van der Waals surface area contributed by atoms with Gasteiger partial charge in [-0.15, -0.1) is 0 Å². The van der Waals surface area contributed by atoms with E-state index in [2.05, 4.69) is 5.32 Å². The summed E-state index contributed by atoms with van der Waals surface area (Å²) < 4.78 is 13.1. The van der Waals surface area contributed by atoms with Gasteiger partial charge in [-0.05, 0) is 36.6 Å². The van der Waals surface area contributed by atoms with Crippen LogP contribution < -0.4 is 5.32 Å². The average Bonchev–Trinajstić information content (AvgIpc) is 2.80. The van der Waals surface area contributed by atoms with Crippen LogP contribution in [0.4, 0.5) is 4.39 Å². The molecule has 0 amide bonds. The van der Waals surface area contributed by atoms with Crippen molar-refractivity contribution in [2.45, 2.75) is 37.8 Å². The Morgan fingerprint density at radius 2 is 2.06 bits per heavy atom. The first-order valence-electron chi connectivity index (χ1n) is 5.95. The molecule has 0 radical (unpaired) electrons. The molecule has 2 rings (SSSR count). The molecule has 0 spiro atoms. The van der Waals surface area contributed by atoms with Crippen LogP contribution in [0.25, 0.3) is 0 Å². The third kappa shape index (κ3) is 2.97. The van der Waals surface area contributed by atoms with E-state index < -0.39 is 0 Å². The van der Waals surface area contributed by atoms with Crippen LogP contribution in [0.15, 0.2) is 18.2 Å². The molecule has 17 heavy (non-hydrogen) atoms. The van der Waals surface area contributed by atoms with Crippen LogP contribution in [0, 0.1) is 5.82 Å². The summed E-state index contributed by atoms with van der Waals surface area (Å²) in [5.41, 5.74) is 0.543. The highest BCUT2D eigenvalue weighted by molar-refractivity contribution is 6.31. The van der Waals surface area contributed by atoms with Crippen molar-refractivity contribution >= 4 is 11.6 Å². The van der Waals surface area contributed by atoms with Gasteiger partial charge in [0.05, 0.1) is 6.61 Å². The zero-order chi connectivity index (χ0) is 12.3. The predicted octanol–water partition coefficient (Wildman–Crippen LogP) is 2.87. The summed E-state index contributed by atoms with van der Waals surface area (Å²) in [6.45, 7) is 0.622. The first-order valence-corrected chi connectivity index (χ1v) is 6.33. The van der Waals surface area contributed by atoms with Gasteiger partial charge in [0.2, 0.25) is 0 Å². The van der Waals surface area contributed by atoms with Gasteiger partial charge in [0.1, 0.15) is 5.82 Å². The SMILES string of the molecule is OCC1(NCc2cc(F)ccc2Cl)CCCC1. The van der Waals surface area contributed by atoms with Crippen LogP contribution in [0.1, 0.15) is 31.2 Å². The van der Waals surface area contributed by atoms with Gasteiger partial charge in [0.25, 0.3) is 0 Å². The number of rotatable bonds is 4. The quantitative estimate of drug-likeness (QED) is 0.869. The van der Waals surface area contributed by atoms with Crippen molar-refractivity contribution in [3.63, 3.8) is 0 Å². The van der Waals surface area contributed by atoms with Gasteiger partial charge >= 0.3 is 0 Å². The van der Waals surface area contributed by atoms with Crippen molar-refractivity contribution in [3.05, 3.63) is 34.6 Å². The molecule has 0 unspecified atom stereocenters. The first-order chi connectivity index (χ1) is 8.15. The fourth-order valence-corrected chi connectivity index (χ4v) is 2.59. The number of nitrogens with one attached hydrogen (secondary N) is 1. The standard InChI is InChI=1S/C13H17ClFNO/c14-12-4-3-11(15)7-10(12)8-16-13(9-17)5-1-2-6-13/h3-4,7,16-17H,1-2,5-6,8-9H2. The minimum absolute atomic E-state index is 0.125. The highest BCUT2D eigenvalue weighted by atomic mass is 35.5. The lowest BCUT2D eigenvalue weighted by molar-refractivity contribution is 0.163. The molecule has 2 nitrogen and oxygen atoms in total. The molecule has 94 valence electrons.